The third-order valence-electron chi connectivity index (χ3n) is 4.29. The lowest BCUT2D eigenvalue weighted by molar-refractivity contribution is -0.134. The molecule has 7 nitrogen and oxygen atoms in total. The monoisotopic (exact) mass is 364 g/mol. The van der Waals surface area contributed by atoms with Crippen molar-refractivity contribution in [2.45, 2.75) is 18.9 Å². The number of para-hydroxylation sites is 1. The standard InChI is InChI=1S/C20H20N4O3/c1-24-11-5-8-17(19(24)25)23-20(26)22-15-9-10-18(14(12-15)13-21)27-16-6-3-2-4-7-16/h2-4,6-7,9-10,12,17H,5,8,11H2,1H3,(H2,22,23,26). The van der Waals surface area contributed by atoms with Gasteiger partial charge in [0, 0.05) is 19.3 Å². The fraction of sp³-hybridized carbons (Fsp3) is 0.250. The average Bonchev–Trinajstić information content (AvgIpc) is 2.67. The molecule has 3 amide bonds. The minimum absolute atomic E-state index is 0.0966. The van der Waals surface area contributed by atoms with E-state index in [0.29, 0.717) is 35.7 Å². The lowest BCUT2D eigenvalue weighted by Gasteiger charge is -2.29. The Morgan fingerprint density at radius 3 is 2.78 bits per heavy atom. The zero-order valence-electron chi connectivity index (χ0n) is 14.9. The maximum absolute atomic E-state index is 12.2. The molecule has 7 heteroatoms. The smallest absolute Gasteiger partial charge is 0.319 e. The summed E-state index contributed by atoms with van der Waals surface area (Å²) in [6.07, 6.45) is 1.46. The Labute approximate surface area is 157 Å². The van der Waals surface area contributed by atoms with Crippen LogP contribution in [0.2, 0.25) is 0 Å². The van der Waals surface area contributed by atoms with Gasteiger partial charge >= 0.3 is 6.03 Å². The average molecular weight is 364 g/mol. The van der Waals surface area contributed by atoms with Crippen molar-refractivity contribution in [3.8, 4) is 17.6 Å². The largest absolute Gasteiger partial charge is 0.456 e. The molecule has 1 atom stereocenters. The first-order chi connectivity index (χ1) is 13.1. The molecule has 2 N–H and O–H groups in total. The molecule has 1 saturated heterocycles. The van der Waals surface area contributed by atoms with E-state index in [9.17, 15) is 14.9 Å². The molecule has 1 fully saturated rings. The number of carbonyl (C=O) groups excluding carboxylic acids is 2. The van der Waals surface area contributed by atoms with Crippen molar-refractivity contribution in [2.24, 2.45) is 0 Å². The molecule has 27 heavy (non-hydrogen) atoms. The number of nitrogens with zero attached hydrogens (tertiary/aromatic N) is 2. The van der Waals surface area contributed by atoms with Crippen LogP contribution in [0.15, 0.2) is 48.5 Å². The second-order valence-electron chi connectivity index (χ2n) is 6.29. The van der Waals surface area contributed by atoms with Gasteiger partial charge in [0.05, 0.1) is 5.56 Å². The number of urea groups is 1. The van der Waals surface area contributed by atoms with E-state index in [0.717, 1.165) is 6.42 Å². The second kappa shape index (κ2) is 8.23. The van der Waals surface area contributed by atoms with E-state index < -0.39 is 12.1 Å². The quantitative estimate of drug-likeness (QED) is 0.872. The van der Waals surface area contributed by atoms with Crippen molar-refractivity contribution in [3.63, 3.8) is 0 Å². The molecular formula is C20H20N4O3. The van der Waals surface area contributed by atoms with E-state index >= 15 is 0 Å². The molecule has 0 bridgehead atoms. The van der Waals surface area contributed by atoms with E-state index in [1.165, 1.54) is 6.07 Å². The van der Waals surface area contributed by atoms with Crippen molar-refractivity contribution in [1.29, 1.82) is 5.26 Å². The zero-order valence-corrected chi connectivity index (χ0v) is 14.9. The normalized spacial score (nSPS) is 16.4. The minimum Gasteiger partial charge on any atom is -0.456 e. The molecule has 0 spiro atoms. The SMILES string of the molecule is CN1CCCC(NC(=O)Nc2ccc(Oc3ccccc3)c(C#N)c2)C1=O. The maximum atomic E-state index is 12.2. The van der Waals surface area contributed by atoms with Gasteiger partial charge in [-0.1, -0.05) is 18.2 Å². The molecule has 2 aromatic rings. The predicted molar refractivity (Wildman–Crippen MR) is 100 cm³/mol. The van der Waals surface area contributed by atoms with Crippen molar-refractivity contribution in [3.05, 3.63) is 54.1 Å². The summed E-state index contributed by atoms with van der Waals surface area (Å²) in [5, 5.41) is 14.7. The van der Waals surface area contributed by atoms with E-state index in [1.54, 1.807) is 36.2 Å². The first-order valence-corrected chi connectivity index (χ1v) is 8.66. The van der Waals surface area contributed by atoms with E-state index in [2.05, 4.69) is 16.7 Å². The number of anilines is 1. The number of benzene rings is 2. The summed E-state index contributed by atoms with van der Waals surface area (Å²) in [7, 11) is 1.72. The third kappa shape index (κ3) is 4.55. The Hall–Kier alpha value is -3.53. The van der Waals surface area contributed by atoms with Crippen molar-refractivity contribution in [2.75, 3.05) is 18.9 Å². The molecule has 1 aliphatic heterocycles. The van der Waals surface area contributed by atoms with Gasteiger partial charge in [0.25, 0.3) is 0 Å². The Kier molecular flexibility index (Phi) is 5.57. The number of amides is 3. The molecule has 0 aliphatic carbocycles. The number of ether oxygens (including phenoxy) is 1. The molecule has 1 unspecified atom stereocenters. The number of nitriles is 1. The van der Waals surface area contributed by atoms with Gasteiger partial charge in [-0.3, -0.25) is 4.79 Å². The molecule has 1 heterocycles. The minimum atomic E-state index is -0.528. The van der Waals surface area contributed by atoms with E-state index in [-0.39, 0.29) is 5.91 Å². The fourth-order valence-electron chi connectivity index (χ4n) is 2.89. The molecule has 1 aliphatic rings. The molecular weight excluding hydrogens is 344 g/mol. The first kappa shape index (κ1) is 18.3. The predicted octanol–water partition coefficient (Wildman–Crippen LogP) is 3.09. The van der Waals surface area contributed by atoms with E-state index in [1.807, 2.05) is 18.2 Å². The highest BCUT2D eigenvalue weighted by molar-refractivity contribution is 5.94. The van der Waals surface area contributed by atoms with Crippen LogP contribution in [0.25, 0.3) is 0 Å². The van der Waals surface area contributed by atoms with Gasteiger partial charge in [-0.25, -0.2) is 4.79 Å². The maximum Gasteiger partial charge on any atom is 0.319 e. The third-order valence-corrected chi connectivity index (χ3v) is 4.29. The highest BCUT2D eigenvalue weighted by Gasteiger charge is 2.27. The van der Waals surface area contributed by atoms with Crippen LogP contribution in [0.4, 0.5) is 10.5 Å². The van der Waals surface area contributed by atoms with Crippen LogP contribution < -0.4 is 15.4 Å². The van der Waals surface area contributed by atoms with Crippen LogP contribution in [0.5, 0.6) is 11.5 Å². The number of likely N-dealkylation sites (tertiary alicyclic amines) is 1. The van der Waals surface area contributed by atoms with Crippen LogP contribution >= 0.6 is 0 Å². The molecule has 0 aromatic heterocycles. The van der Waals surface area contributed by atoms with Gasteiger partial charge in [0.1, 0.15) is 23.6 Å². The Morgan fingerprint density at radius 2 is 2.04 bits per heavy atom. The van der Waals surface area contributed by atoms with Crippen LogP contribution in [0.3, 0.4) is 0 Å². The fourth-order valence-corrected chi connectivity index (χ4v) is 2.89. The summed E-state index contributed by atoms with van der Waals surface area (Å²) in [5.41, 5.74) is 0.742. The number of carbonyl (C=O) groups is 2. The summed E-state index contributed by atoms with van der Waals surface area (Å²) in [6.45, 7) is 0.701. The lowest BCUT2D eigenvalue weighted by atomic mass is 10.1. The number of nitrogens with one attached hydrogen (secondary N) is 2. The van der Waals surface area contributed by atoms with E-state index in [4.69, 9.17) is 4.74 Å². The van der Waals surface area contributed by atoms with Gasteiger partial charge in [0.15, 0.2) is 0 Å². The highest BCUT2D eigenvalue weighted by Crippen LogP contribution is 2.27. The first-order valence-electron chi connectivity index (χ1n) is 8.66. The topological polar surface area (TPSA) is 94.5 Å². The van der Waals surface area contributed by atoms with Crippen molar-refractivity contribution in [1.82, 2.24) is 10.2 Å². The summed E-state index contributed by atoms with van der Waals surface area (Å²) >= 11 is 0. The summed E-state index contributed by atoms with van der Waals surface area (Å²) in [6, 6.07) is 15.0. The van der Waals surface area contributed by atoms with Gasteiger partial charge in [-0.05, 0) is 43.2 Å². The summed E-state index contributed by atoms with van der Waals surface area (Å²) in [5.74, 6) is 0.923. The second-order valence-corrected chi connectivity index (χ2v) is 6.29. The number of hydrogen-bond acceptors (Lipinski definition) is 4. The summed E-state index contributed by atoms with van der Waals surface area (Å²) in [4.78, 5) is 25.9. The Balaban J connectivity index is 1.66. The van der Waals surface area contributed by atoms with Gasteiger partial charge < -0.3 is 20.3 Å². The number of likely N-dealkylation sites (N-methyl/N-ethyl adjacent to an activating group) is 1. The summed E-state index contributed by atoms with van der Waals surface area (Å²) < 4.78 is 5.71. The van der Waals surface area contributed by atoms with Crippen LogP contribution in [-0.4, -0.2) is 36.5 Å². The number of hydrogen-bond donors (Lipinski definition) is 2. The molecule has 0 saturated carbocycles. The van der Waals surface area contributed by atoms with Crippen LogP contribution in [0.1, 0.15) is 18.4 Å². The number of rotatable bonds is 4. The Bertz CT molecular complexity index is 877. The molecule has 3 rings (SSSR count). The molecule has 138 valence electrons. The highest BCUT2D eigenvalue weighted by atomic mass is 16.5. The molecule has 0 radical (unpaired) electrons. The van der Waals surface area contributed by atoms with Gasteiger partial charge in [0.2, 0.25) is 5.91 Å². The van der Waals surface area contributed by atoms with Crippen molar-refractivity contribution < 1.29 is 14.3 Å². The van der Waals surface area contributed by atoms with Crippen molar-refractivity contribution >= 4 is 17.6 Å². The zero-order chi connectivity index (χ0) is 19.2. The number of piperidine rings is 1. The Morgan fingerprint density at radius 1 is 1.26 bits per heavy atom. The molecule has 2 aromatic carbocycles. The van der Waals surface area contributed by atoms with Crippen LogP contribution in [-0.2, 0) is 4.79 Å². The van der Waals surface area contributed by atoms with Gasteiger partial charge in [-0.15, -0.1) is 0 Å². The lowest BCUT2D eigenvalue weighted by Crippen LogP contribution is -2.51. The van der Waals surface area contributed by atoms with Gasteiger partial charge in [-0.2, -0.15) is 5.26 Å². The van der Waals surface area contributed by atoms with Crippen LogP contribution in [0, 0.1) is 11.3 Å².